The van der Waals surface area contributed by atoms with Crippen LogP contribution in [0.25, 0.3) is 0 Å². The van der Waals surface area contributed by atoms with Gasteiger partial charge in [-0.15, -0.1) is 0 Å². The molecule has 11 heteroatoms. The van der Waals surface area contributed by atoms with Crippen LogP contribution in [0.4, 0.5) is 13.2 Å². The van der Waals surface area contributed by atoms with E-state index >= 15 is 0 Å². The van der Waals surface area contributed by atoms with Gasteiger partial charge in [0.15, 0.2) is 0 Å². The number of alkyl halides is 3. The second-order valence-corrected chi connectivity index (χ2v) is 11.3. The molecule has 208 valence electrons. The highest BCUT2D eigenvalue weighted by atomic mass is 19.4. The van der Waals surface area contributed by atoms with Crippen LogP contribution in [0.2, 0.25) is 0 Å². The van der Waals surface area contributed by atoms with Crippen molar-refractivity contribution in [1.82, 2.24) is 24.5 Å². The number of nitrogens with zero attached hydrogens (tertiary/aromatic N) is 6. The fourth-order valence-corrected chi connectivity index (χ4v) is 6.92. The Morgan fingerprint density at radius 1 is 1.19 bits per heavy atom. The van der Waals surface area contributed by atoms with Gasteiger partial charge in [-0.1, -0.05) is 6.08 Å². The Morgan fingerprint density at radius 3 is 2.43 bits per heavy atom. The Labute approximate surface area is 219 Å². The summed E-state index contributed by atoms with van der Waals surface area (Å²) in [6.45, 7) is 8.04. The number of likely N-dealkylation sites (N-methyl/N-ethyl adjacent to an activating group) is 4. The SMILES string of the molecule is CCN(C)C1=CCN(C)C(=C(C)C(=O)N2CCC3(CC2)C2CC=C(C(F)(F)F)N2CCN3C)[N+](C)(N)C1. The molecule has 0 aromatic carbocycles. The van der Waals surface area contributed by atoms with Gasteiger partial charge in [0, 0.05) is 58.9 Å². The zero-order valence-electron chi connectivity index (χ0n) is 23.1. The Morgan fingerprint density at radius 2 is 1.84 bits per heavy atom. The molecule has 0 bridgehead atoms. The highest BCUT2D eigenvalue weighted by molar-refractivity contribution is 5.93. The molecule has 8 nitrogen and oxygen atoms in total. The van der Waals surface area contributed by atoms with Crippen molar-refractivity contribution in [3.63, 3.8) is 0 Å². The Kier molecular flexibility index (Phi) is 7.37. The van der Waals surface area contributed by atoms with E-state index < -0.39 is 11.9 Å². The first kappa shape index (κ1) is 27.8. The predicted octanol–water partition coefficient (Wildman–Crippen LogP) is 2.15. The Hall–Kier alpha value is -2.24. The minimum atomic E-state index is -4.33. The van der Waals surface area contributed by atoms with E-state index in [2.05, 4.69) is 22.8 Å². The van der Waals surface area contributed by atoms with Crippen LogP contribution in [-0.2, 0) is 4.79 Å². The maximum atomic E-state index is 13.7. The van der Waals surface area contributed by atoms with Crippen molar-refractivity contribution in [2.45, 2.75) is 50.9 Å². The van der Waals surface area contributed by atoms with Gasteiger partial charge in [-0.05, 0) is 46.2 Å². The lowest BCUT2D eigenvalue weighted by Crippen LogP contribution is -2.69. The molecule has 4 heterocycles. The molecule has 37 heavy (non-hydrogen) atoms. The second-order valence-electron chi connectivity index (χ2n) is 11.3. The first-order valence-electron chi connectivity index (χ1n) is 13.2. The molecular weight excluding hydrogens is 483 g/mol. The molecule has 1 spiro atoms. The number of hydrogen-bond acceptors (Lipinski definition) is 6. The van der Waals surface area contributed by atoms with Crippen LogP contribution in [-0.4, -0.2) is 127 Å². The van der Waals surface area contributed by atoms with E-state index in [9.17, 15) is 18.0 Å². The van der Waals surface area contributed by atoms with E-state index in [-0.39, 0.29) is 22.1 Å². The minimum Gasteiger partial charge on any atom is -0.374 e. The van der Waals surface area contributed by atoms with Gasteiger partial charge in [-0.3, -0.25) is 9.69 Å². The van der Waals surface area contributed by atoms with Crippen molar-refractivity contribution >= 4 is 5.91 Å². The van der Waals surface area contributed by atoms with Crippen molar-refractivity contribution in [2.75, 3.05) is 74.0 Å². The third kappa shape index (κ3) is 4.85. The molecule has 0 saturated carbocycles. The first-order chi connectivity index (χ1) is 17.2. The highest BCUT2D eigenvalue weighted by Gasteiger charge is 2.55. The maximum absolute atomic E-state index is 13.7. The number of hydrogen-bond donors (Lipinski definition) is 1. The van der Waals surface area contributed by atoms with Crippen molar-refractivity contribution in [3.8, 4) is 0 Å². The molecule has 2 N–H and O–H groups in total. The van der Waals surface area contributed by atoms with E-state index in [4.69, 9.17) is 5.84 Å². The average Bonchev–Trinajstić information content (AvgIpc) is 3.24. The molecule has 0 radical (unpaired) electrons. The predicted molar refractivity (Wildman–Crippen MR) is 137 cm³/mol. The number of allylic oxidation sites excluding steroid dienone is 1. The first-order valence-corrected chi connectivity index (χ1v) is 13.2. The van der Waals surface area contributed by atoms with Crippen LogP contribution < -0.4 is 5.84 Å². The zero-order valence-corrected chi connectivity index (χ0v) is 23.1. The van der Waals surface area contributed by atoms with Gasteiger partial charge in [-0.2, -0.15) is 23.6 Å². The van der Waals surface area contributed by atoms with E-state index in [0.717, 1.165) is 18.1 Å². The molecule has 0 aliphatic carbocycles. The van der Waals surface area contributed by atoms with Gasteiger partial charge < -0.3 is 19.6 Å². The number of nitrogens with two attached hydrogens (primary N) is 1. The molecule has 2 fully saturated rings. The summed E-state index contributed by atoms with van der Waals surface area (Å²) in [6, 6.07) is -0.211. The number of halogens is 3. The van der Waals surface area contributed by atoms with E-state index in [1.54, 1.807) is 4.90 Å². The summed E-state index contributed by atoms with van der Waals surface area (Å²) < 4.78 is 41.0. The third-order valence-corrected chi connectivity index (χ3v) is 9.04. The summed E-state index contributed by atoms with van der Waals surface area (Å²) in [5.41, 5.74) is 0.892. The number of amides is 1. The number of piperidine rings is 1. The second kappa shape index (κ2) is 9.81. The van der Waals surface area contributed by atoms with Gasteiger partial charge in [-0.25, -0.2) is 0 Å². The van der Waals surface area contributed by atoms with Crippen molar-refractivity contribution in [1.29, 1.82) is 0 Å². The zero-order chi connectivity index (χ0) is 27.3. The lowest BCUT2D eigenvalue weighted by Gasteiger charge is -2.57. The van der Waals surface area contributed by atoms with Crippen LogP contribution >= 0.6 is 0 Å². The lowest BCUT2D eigenvalue weighted by molar-refractivity contribution is -0.888. The van der Waals surface area contributed by atoms with Gasteiger partial charge >= 0.3 is 6.18 Å². The lowest BCUT2D eigenvalue weighted by atomic mass is 9.76. The van der Waals surface area contributed by atoms with Gasteiger partial charge in [0.1, 0.15) is 12.2 Å². The molecular formula is C26H43F3N7O+. The van der Waals surface area contributed by atoms with E-state index in [0.29, 0.717) is 64.1 Å². The summed E-state index contributed by atoms with van der Waals surface area (Å²) >= 11 is 0. The molecule has 1 amide bonds. The Balaban J connectivity index is 1.51. The van der Waals surface area contributed by atoms with Gasteiger partial charge in [0.05, 0.1) is 24.4 Å². The summed E-state index contributed by atoms with van der Waals surface area (Å²) in [5.74, 6) is 7.53. The smallest absolute Gasteiger partial charge is 0.374 e. The molecule has 4 aliphatic heterocycles. The van der Waals surface area contributed by atoms with E-state index in [1.165, 1.54) is 6.08 Å². The third-order valence-electron chi connectivity index (χ3n) is 9.04. The van der Waals surface area contributed by atoms with Crippen LogP contribution in [0.5, 0.6) is 0 Å². The number of fused-ring (bicyclic) bond motifs is 2. The fourth-order valence-electron chi connectivity index (χ4n) is 6.92. The Bertz CT molecular complexity index is 995. The number of likely N-dealkylation sites (tertiary alicyclic amines) is 1. The van der Waals surface area contributed by atoms with E-state index in [1.807, 2.05) is 44.9 Å². The normalized spacial score (nSPS) is 30.1. The monoisotopic (exact) mass is 526 g/mol. The average molecular weight is 527 g/mol. The summed E-state index contributed by atoms with van der Waals surface area (Å²) in [5, 5.41) is 0. The van der Waals surface area contributed by atoms with Crippen LogP contribution in [0.3, 0.4) is 0 Å². The summed E-state index contributed by atoms with van der Waals surface area (Å²) in [6.07, 6.45) is 0.886. The fraction of sp³-hybridized carbons (Fsp3) is 0.731. The van der Waals surface area contributed by atoms with Gasteiger partial charge in [0.25, 0.3) is 5.91 Å². The molecule has 0 aromatic rings. The maximum Gasteiger partial charge on any atom is 0.430 e. The molecule has 2 atom stereocenters. The van der Waals surface area contributed by atoms with Crippen molar-refractivity contribution in [3.05, 3.63) is 34.9 Å². The van der Waals surface area contributed by atoms with Crippen LogP contribution in [0, 0.1) is 0 Å². The quantitative estimate of drug-likeness (QED) is 0.346. The van der Waals surface area contributed by atoms with Crippen LogP contribution in [0.15, 0.2) is 34.9 Å². The number of quaternary nitrogens is 1. The van der Waals surface area contributed by atoms with Crippen molar-refractivity contribution in [2.24, 2.45) is 5.84 Å². The molecule has 4 aliphatic rings. The number of piperazine rings is 1. The number of carbonyl (C=O) groups is 1. The summed E-state index contributed by atoms with van der Waals surface area (Å²) in [4.78, 5) is 23.6. The topological polar surface area (TPSA) is 59.3 Å². The largest absolute Gasteiger partial charge is 0.430 e. The van der Waals surface area contributed by atoms with Crippen molar-refractivity contribution < 1.29 is 22.6 Å². The number of carbonyl (C=O) groups excluding carboxylic acids is 1. The summed E-state index contributed by atoms with van der Waals surface area (Å²) in [7, 11) is 7.95. The highest BCUT2D eigenvalue weighted by Crippen LogP contribution is 2.46. The standard InChI is InChI=1S/C26H43F3N7O/c1-7-31(3)20-10-13-32(4)23(36(6,30)18-20)19(2)24(37)34-14-11-25(12-15-34)21-8-9-22(26(27,28)29)35(21)17-16-33(25)5/h9-10,21H,7-8,11-18,30H2,1-6H3/q+1. The number of rotatable bonds is 3. The van der Waals surface area contributed by atoms with Crippen LogP contribution in [0.1, 0.15) is 33.1 Å². The molecule has 2 saturated heterocycles. The molecule has 4 rings (SSSR count). The molecule has 0 aromatic heterocycles. The van der Waals surface area contributed by atoms with Gasteiger partial charge in [0.2, 0.25) is 5.82 Å². The molecule has 2 unspecified atom stereocenters. The minimum absolute atomic E-state index is 0.0466.